The fraction of sp³-hybridized carbons (Fsp3) is 0.375. The minimum Gasteiger partial charge on any atom is -0.293 e. The van der Waals surface area contributed by atoms with Gasteiger partial charge in [0.2, 0.25) is 0 Å². The van der Waals surface area contributed by atoms with Crippen molar-refractivity contribution in [3.8, 4) is 0 Å². The predicted octanol–water partition coefficient (Wildman–Crippen LogP) is 2.65. The lowest BCUT2D eigenvalue weighted by Gasteiger charge is -2.27. The molecule has 0 saturated heterocycles. The average Bonchev–Trinajstić information content (AvgIpc) is 2.41. The molecule has 98 valence electrons. The fourth-order valence-corrected chi connectivity index (χ4v) is 2.54. The van der Waals surface area contributed by atoms with E-state index in [1.165, 1.54) is 22.4 Å². The molecule has 0 spiro atoms. The number of hydrogen-bond donors (Lipinski definition) is 0. The standard InChI is InChI=1S/C16H19N3/c1-12-3-5-14(6-4-12)10-19-8-7-15-9-17-13(2)18-16(15)11-19/h3-6,9H,7-8,10-11H2,1-2H3. The van der Waals surface area contributed by atoms with Gasteiger partial charge in [0.15, 0.2) is 0 Å². The minimum absolute atomic E-state index is 0.871. The third-order valence-corrected chi connectivity index (χ3v) is 3.67. The molecule has 2 aromatic rings. The van der Waals surface area contributed by atoms with Crippen LogP contribution in [-0.4, -0.2) is 21.4 Å². The average molecular weight is 253 g/mol. The molecule has 0 amide bonds. The number of aryl methyl sites for hydroxylation is 2. The van der Waals surface area contributed by atoms with E-state index < -0.39 is 0 Å². The maximum absolute atomic E-state index is 4.57. The molecule has 2 heterocycles. The monoisotopic (exact) mass is 253 g/mol. The van der Waals surface area contributed by atoms with E-state index in [1.807, 2.05) is 13.1 Å². The molecule has 3 nitrogen and oxygen atoms in total. The Bertz CT molecular complexity index is 575. The van der Waals surface area contributed by atoms with Crippen molar-refractivity contribution in [2.24, 2.45) is 0 Å². The molecule has 0 unspecified atom stereocenters. The van der Waals surface area contributed by atoms with E-state index in [0.717, 1.165) is 31.9 Å². The minimum atomic E-state index is 0.871. The molecule has 0 atom stereocenters. The number of hydrogen-bond acceptors (Lipinski definition) is 3. The molecule has 0 saturated carbocycles. The normalized spacial score (nSPS) is 15.3. The van der Waals surface area contributed by atoms with Crippen LogP contribution in [0.3, 0.4) is 0 Å². The summed E-state index contributed by atoms with van der Waals surface area (Å²) < 4.78 is 0. The first kappa shape index (κ1) is 12.3. The molecule has 0 N–H and O–H groups in total. The summed E-state index contributed by atoms with van der Waals surface area (Å²) in [5.74, 6) is 0.871. The summed E-state index contributed by atoms with van der Waals surface area (Å²) in [7, 11) is 0. The Morgan fingerprint density at radius 2 is 1.95 bits per heavy atom. The Morgan fingerprint density at radius 3 is 2.74 bits per heavy atom. The lowest BCUT2D eigenvalue weighted by Crippen LogP contribution is -2.31. The summed E-state index contributed by atoms with van der Waals surface area (Å²) in [6, 6.07) is 8.80. The quantitative estimate of drug-likeness (QED) is 0.824. The molecule has 1 aromatic heterocycles. The highest BCUT2D eigenvalue weighted by Crippen LogP contribution is 2.18. The molecule has 3 heteroatoms. The van der Waals surface area contributed by atoms with Crippen LogP contribution in [0.25, 0.3) is 0 Å². The van der Waals surface area contributed by atoms with E-state index in [0.29, 0.717) is 0 Å². The summed E-state index contributed by atoms with van der Waals surface area (Å²) in [4.78, 5) is 11.3. The van der Waals surface area contributed by atoms with E-state index in [9.17, 15) is 0 Å². The van der Waals surface area contributed by atoms with Crippen molar-refractivity contribution in [1.29, 1.82) is 0 Å². The maximum Gasteiger partial charge on any atom is 0.125 e. The van der Waals surface area contributed by atoms with Gasteiger partial charge in [-0.1, -0.05) is 29.8 Å². The van der Waals surface area contributed by atoms with E-state index in [-0.39, 0.29) is 0 Å². The Balaban J connectivity index is 1.73. The number of rotatable bonds is 2. The van der Waals surface area contributed by atoms with E-state index in [2.05, 4.69) is 46.1 Å². The lowest BCUT2D eigenvalue weighted by atomic mass is 10.1. The van der Waals surface area contributed by atoms with Crippen molar-refractivity contribution in [3.05, 3.63) is 58.7 Å². The van der Waals surface area contributed by atoms with Gasteiger partial charge in [0, 0.05) is 25.8 Å². The zero-order valence-electron chi connectivity index (χ0n) is 11.6. The second kappa shape index (κ2) is 5.10. The zero-order chi connectivity index (χ0) is 13.2. The first-order valence-electron chi connectivity index (χ1n) is 6.80. The van der Waals surface area contributed by atoms with Crippen LogP contribution in [0.1, 0.15) is 28.2 Å². The van der Waals surface area contributed by atoms with Gasteiger partial charge >= 0.3 is 0 Å². The van der Waals surface area contributed by atoms with Gasteiger partial charge < -0.3 is 0 Å². The van der Waals surface area contributed by atoms with Crippen molar-refractivity contribution in [3.63, 3.8) is 0 Å². The highest BCUT2D eigenvalue weighted by molar-refractivity contribution is 5.23. The second-order valence-corrected chi connectivity index (χ2v) is 5.34. The molecular formula is C16H19N3. The largest absolute Gasteiger partial charge is 0.293 e. The summed E-state index contributed by atoms with van der Waals surface area (Å²) in [6.45, 7) is 7.11. The number of aromatic nitrogens is 2. The third-order valence-electron chi connectivity index (χ3n) is 3.67. The molecule has 0 radical (unpaired) electrons. The number of benzene rings is 1. The summed E-state index contributed by atoms with van der Waals surface area (Å²) >= 11 is 0. The number of nitrogens with zero attached hydrogens (tertiary/aromatic N) is 3. The van der Waals surface area contributed by atoms with Gasteiger partial charge in [0.05, 0.1) is 5.69 Å². The summed E-state index contributed by atoms with van der Waals surface area (Å²) in [5, 5.41) is 0. The molecule has 1 aliphatic rings. The van der Waals surface area contributed by atoms with Crippen LogP contribution in [-0.2, 0) is 19.5 Å². The third kappa shape index (κ3) is 2.82. The van der Waals surface area contributed by atoms with Crippen molar-refractivity contribution in [1.82, 2.24) is 14.9 Å². The van der Waals surface area contributed by atoms with Crippen LogP contribution in [0.2, 0.25) is 0 Å². The fourth-order valence-electron chi connectivity index (χ4n) is 2.54. The highest BCUT2D eigenvalue weighted by Gasteiger charge is 2.17. The highest BCUT2D eigenvalue weighted by atomic mass is 15.1. The Labute approximate surface area is 114 Å². The molecule has 3 rings (SSSR count). The van der Waals surface area contributed by atoms with Gasteiger partial charge in [-0.05, 0) is 31.4 Å². The Hall–Kier alpha value is -1.74. The molecule has 1 aliphatic heterocycles. The van der Waals surface area contributed by atoms with Crippen LogP contribution in [0.15, 0.2) is 30.5 Å². The summed E-state index contributed by atoms with van der Waals surface area (Å²) in [5.41, 5.74) is 5.20. The Kier molecular flexibility index (Phi) is 3.30. The molecule has 1 aromatic carbocycles. The van der Waals surface area contributed by atoms with Crippen molar-refractivity contribution < 1.29 is 0 Å². The van der Waals surface area contributed by atoms with Gasteiger partial charge in [-0.3, -0.25) is 4.90 Å². The smallest absolute Gasteiger partial charge is 0.125 e. The summed E-state index contributed by atoms with van der Waals surface area (Å²) in [6.07, 6.45) is 3.04. The van der Waals surface area contributed by atoms with Crippen molar-refractivity contribution in [2.75, 3.05) is 6.54 Å². The first-order valence-corrected chi connectivity index (χ1v) is 6.80. The van der Waals surface area contributed by atoms with Gasteiger partial charge in [-0.25, -0.2) is 9.97 Å². The van der Waals surface area contributed by atoms with E-state index in [1.54, 1.807) is 0 Å². The van der Waals surface area contributed by atoms with Crippen LogP contribution < -0.4 is 0 Å². The molecule has 0 fully saturated rings. The maximum atomic E-state index is 4.57. The van der Waals surface area contributed by atoms with E-state index >= 15 is 0 Å². The van der Waals surface area contributed by atoms with Gasteiger partial charge in [0.25, 0.3) is 0 Å². The SMILES string of the molecule is Cc1ccc(CN2CCc3cnc(C)nc3C2)cc1. The predicted molar refractivity (Wildman–Crippen MR) is 75.8 cm³/mol. The molecule has 19 heavy (non-hydrogen) atoms. The van der Waals surface area contributed by atoms with Crippen molar-refractivity contribution >= 4 is 0 Å². The van der Waals surface area contributed by atoms with Crippen LogP contribution >= 0.6 is 0 Å². The van der Waals surface area contributed by atoms with E-state index in [4.69, 9.17) is 0 Å². The molecule has 0 aliphatic carbocycles. The Morgan fingerprint density at radius 1 is 1.16 bits per heavy atom. The van der Waals surface area contributed by atoms with Gasteiger partial charge in [-0.15, -0.1) is 0 Å². The first-order chi connectivity index (χ1) is 9.20. The second-order valence-electron chi connectivity index (χ2n) is 5.34. The van der Waals surface area contributed by atoms with Gasteiger partial charge in [0.1, 0.15) is 5.82 Å². The van der Waals surface area contributed by atoms with Crippen molar-refractivity contribution in [2.45, 2.75) is 33.4 Å². The van der Waals surface area contributed by atoms with Gasteiger partial charge in [-0.2, -0.15) is 0 Å². The molecule has 0 bridgehead atoms. The lowest BCUT2D eigenvalue weighted by molar-refractivity contribution is 0.241. The topological polar surface area (TPSA) is 29.0 Å². The van der Waals surface area contributed by atoms with Crippen LogP contribution in [0.4, 0.5) is 0 Å². The van der Waals surface area contributed by atoms with Crippen LogP contribution in [0, 0.1) is 13.8 Å². The number of fused-ring (bicyclic) bond motifs is 1. The zero-order valence-corrected chi connectivity index (χ0v) is 11.6. The molecular weight excluding hydrogens is 234 g/mol. The van der Waals surface area contributed by atoms with Crippen LogP contribution in [0.5, 0.6) is 0 Å².